The lowest BCUT2D eigenvalue weighted by molar-refractivity contribution is 0.106. The first-order valence-electron chi connectivity index (χ1n) is 7.20. The Kier molecular flexibility index (Phi) is 6.11. The van der Waals surface area contributed by atoms with Crippen molar-refractivity contribution in [1.29, 1.82) is 0 Å². The maximum Gasteiger partial charge on any atom is 0.122 e. The van der Waals surface area contributed by atoms with E-state index < -0.39 is 0 Å². The van der Waals surface area contributed by atoms with E-state index in [4.69, 9.17) is 23.7 Å². The molecule has 0 N–H and O–H groups in total. The highest BCUT2D eigenvalue weighted by Crippen LogP contribution is 2.25. The number of benzene rings is 2. The van der Waals surface area contributed by atoms with Gasteiger partial charge in [-0.25, -0.2) is 0 Å². The predicted octanol–water partition coefficient (Wildman–Crippen LogP) is 3.44. The van der Waals surface area contributed by atoms with Gasteiger partial charge < -0.3 is 23.7 Å². The second-order valence-corrected chi connectivity index (χ2v) is 4.93. The normalized spacial score (nSPS) is 10.3. The van der Waals surface area contributed by atoms with Gasteiger partial charge in [-0.05, 0) is 35.4 Å². The van der Waals surface area contributed by atoms with Gasteiger partial charge in [-0.15, -0.1) is 0 Å². The number of ether oxygens (including phenoxy) is 5. The van der Waals surface area contributed by atoms with E-state index in [9.17, 15) is 0 Å². The minimum Gasteiger partial charge on any atom is -0.497 e. The van der Waals surface area contributed by atoms with E-state index in [0.717, 1.165) is 34.1 Å². The van der Waals surface area contributed by atoms with Crippen LogP contribution in [0, 0.1) is 0 Å². The minimum absolute atomic E-state index is 0.451. The molecule has 0 atom stereocenters. The highest BCUT2D eigenvalue weighted by Gasteiger charge is 2.05. The lowest BCUT2D eigenvalue weighted by Gasteiger charge is -2.11. The van der Waals surface area contributed by atoms with Crippen molar-refractivity contribution in [1.82, 2.24) is 0 Å². The summed E-state index contributed by atoms with van der Waals surface area (Å²) in [5.74, 6) is 2.97. The van der Waals surface area contributed by atoms with E-state index in [2.05, 4.69) is 0 Å². The van der Waals surface area contributed by atoms with Gasteiger partial charge in [0.15, 0.2) is 0 Å². The summed E-state index contributed by atoms with van der Waals surface area (Å²) in [5.41, 5.74) is 1.96. The second kappa shape index (κ2) is 8.29. The first kappa shape index (κ1) is 17.0. The topological polar surface area (TPSA) is 46.2 Å². The van der Waals surface area contributed by atoms with Gasteiger partial charge in [0.2, 0.25) is 0 Å². The molecule has 2 rings (SSSR count). The van der Waals surface area contributed by atoms with E-state index >= 15 is 0 Å². The van der Waals surface area contributed by atoms with Crippen LogP contribution in [-0.2, 0) is 18.0 Å². The average molecular weight is 318 g/mol. The lowest BCUT2D eigenvalue weighted by atomic mass is 10.2. The van der Waals surface area contributed by atoms with Gasteiger partial charge in [0, 0.05) is 12.1 Å². The van der Waals surface area contributed by atoms with Gasteiger partial charge in [-0.3, -0.25) is 0 Å². The molecule has 0 radical (unpaired) electrons. The van der Waals surface area contributed by atoms with Crippen molar-refractivity contribution in [3.05, 3.63) is 47.5 Å². The van der Waals surface area contributed by atoms with Crippen molar-refractivity contribution in [2.75, 3.05) is 28.4 Å². The smallest absolute Gasteiger partial charge is 0.122 e. The number of hydrogen-bond donors (Lipinski definition) is 0. The highest BCUT2D eigenvalue weighted by molar-refractivity contribution is 5.39. The van der Waals surface area contributed by atoms with Crippen molar-refractivity contribution < 1.29 is 23.7 Å². The van der Waals surface area contributed by atoms with Crippen LogP contribution < -0.4 is 18.9 Å². The summed E-state index contributed by atoms with van der Waals surface area (Å²) in [5, 5.41) is 0. The molecule has 0 aliphatic heterocycles. The lowest BCUT2D eigenvalue weighted by Crippen LogP contribution is -1.97. The van der Waals surface area contributed by atoms with Crippen LogP contribution >= 0.6 is 0 Å². The molecule has 2 aromatic rings. The van der Waals surface area contributed by atoms with Crippen LogP contribution in [0.3, 0.4) is 0 Å². The van der Waals surface area contributed by atoms with Crippen LogP contribution in [0.15, 0.2) is 36.4 Å². The monoisotopic (exact) mass is 318 g/mol. The fourth-order valence-electron chi connectivity index (χ4n) is 2.19. The molecule has 5 nitrogen and oxygen atoms in total. The Hall–Kier alpha value is -2.40. The molecule has 0 saturated heterocycles. The maximum absolute atomic E-state index is 5.78. The zero-order valence-corrected chi connectivity index (χ0v) is 13.9. The number of hydrogen-bond acceptors (Lipinski definition) is 5. The number of methoxy groups -OCH3 is 4. The van der Waals surface area contributed by atoms with Crippen molar-refractivity contribution in [2.24, 2.45) is 0 Å². The van der Waals surface area contributed by atoms with Gasteiger partial charge in [0.05, 0.1) is 41.7 Å². The minimum atomic E-state index is 0.451. The first-order valence-corrected chi connectivity index (χ1v) is 7.20. The van der Waals surface area contributed by atoms with Crippen LogP contribution in [0.1, 0.15) is 11.1 Å². The quantitative estimate of drug-likeness (QED) is 0.746. The molecule has 2 aromatic carbocycles. The Labute approximate surface area is 136 Å². The molecule has 23 heavy (non-hydrogen) atoms. The molecule has 0 aromatic heterocycles. The fourth-order valence-corrected chi connectivity index (χ4v) is 2.19. The second-order valence-electron chi connectivity index (χ2n) is 4.93. The zero-order chi connectivity index (χ0) is 16.7. The molecule has 0 aliphatic carbocycles. The molecule has 0 heterocycles. The Morgan fingerprint density at radius 1 is 0.522 bits per heavy atom. The summed E-state index contributed by atoms with van der Waals surface area (Å²) in [4.78, 5) is 0. The SMILES string of the molecule is COc1cc(COCc2cc(OC)cc(OC)c2)cc(OC)c1. The number of rotatable bonds is 8. The molecule has 0 unspecified atom stereocenters. The molecular formula is C18H22O5. The Balaban J connectivity index is 2.02. The van der Waals surface area contributed by atoms with Gasteiger partial charge in [0.1, 0.15) is 23.0 Å². The Morgan fingerprint density at radius 3 is 1.09 bits per heavy atom. The molecule has 0 fully saturated rings. The third-order valence-electron chi connectivity index (χ3n) is 3.36. The summed E-state index contributed by atoms with van der Waals surface area (Å²) in [6.07, 6.45) is 0. The van der Waals surface area contributed by atoms with E-state index in [1.807, 2.05) is 36.4 Å². The van der Waals surface area contributed by atoms with E-state index in [-0.39, 0.29) is 0 Å². The first-order chi connectivity index (χ1) is 11.2. The fraction of sp³-hybridized carbons (Fsp3) is 0.333. The molecule has 0 saturated carbocycles. The molecule has 124 valence electrons. The van der Waals surface area contributed by atoms with Gasteiger partial charge in [-0.1, -0.05) is 0 Å². The predicted molar refractivity (Wildman–Crippen MR) is 87.6 cm³/mol. The van der Waals surface area contributed by atoms with Gasteiger partial charge >= 0.3 is 0 Å². The van der Waals surface area contributed by atoms with Crippen LogP contribution in [0.4, 0.5) is 0 Å². The van der Waals surface area contributed by atoms with E-state index in [0.29, 0.717) is 13.2 Å². The van der Waals surface area contributed by atoms with Crippen molar-refractivity contribution in [3.8, 4) is 23.0 Å². The van der Waals surface area contributed by atoms with E-state index in [1.165, 1.54) is 0 Å². The van der Waals surface area contributed by atoms with Crippen molar-refractivity contribution in [2.45, 2.75) is 13.2 Å². The summed E-state index contributed by atoms with van der Waals surface area (Å²) in [7, 11) is 6.51. The summed E-state index contributed by atoms with van der Waals surface area (Å²) in [6.45, 7) is 0.903. The largest absolute Gasteiger partial charge is 0.497 e. The summed E-state index contributed by atoms with van der Waals surface area (Å²) < 4.78 is 26.8. The standard InChI is InChI=1S/C18H22O5/c1-19-15-5-13(6-16(9-15)20-2)11-23-12-14-7-17(21-3)10-18(8-14)22-4/h5-10H,11-12H2,1-4H3. The van der Waals surface area contributed by atoms with Gasteiger partial charge in [0.25, 0.3) is 0 Å². The van der Waals surface area contributed by atoms with Crippen LogP contribution in [0.2, 0.25) is 0 Å². The maximum atomic E-state index is 5.78. The average Bonchev–Trinajstić information content (AvgIpc) is 2.60. The Morgan fingerprint density at radius 2 is 0.826 bits per heavy atom. The summed E-state index contributed by atoms with van der Waals surface area (Å²) in [6, 6.07) is 11.4. The molecule has 5 heteroatoms. The molecule has 0 spiro atoms. The highest BCUT2D eigenvalue weighted by atomic mass is 16.5. The Bertz CT molecular complexity index is 539. The van der Waals surface area contributed by atoms with Crippen molar-refractivity contribution >= 4 is 0 Å². The van der Waals surface area contributed by atoms with E-state index in [1.54, 1.807) is 28.4 Å². The van der Waals surface area contributed by atoms with Crippen LogP contribution in [0.5, 0.6) is 23.0 Å². The molecule has 0 aliphatic rings. The van der Waals surface area contributed by atoms with Crippen LogP contribution in [0.25, 0.3) is 0 Å². The molecule has 0 amide bonds. The van der Waals surface area contributed by atoms with Gasteiger partial charge in [-0.2, -0.15) is 0 Å². The van der Waals surface area contributed by atoms with Crippen LogP contribution in [-0.4, -0.2) is 28.4 Å². The van der Waals surface area contributed by atoms with Crippen molar-refractivity contribution in [3.63, 3.8) is 0 Å². The summed E-state index contributed by atoms with van der Waals surface area (Å²) >= 11 is 0. The third-order valence-corrected chi connectivity index (χ3v) is 3.36. The molecule has 0 bridgehead atoms. The molecular weight excluding hydrogens is 296 g/mol. The zero-order valence-electron chi connectivity index (χ0n) is 13.9. The third kappa shape index (κ3) is 4.79.